The van der Waals surface area contributed by atoms with Gasteiger partial charge in [-0.1, -0.05) is 24.3 Å². The molecule has 2 aromatic rings. The van der Waals surface area contributed by atoms with Gasteiger partial charge in [0.25, 0.3) is 5.69 Å². The lowest BCUT2D eigenvalue weighted by Gasteiger charge is -2.04. The summed E-state index contributed by atoms with van der Waals surface area (Å²) in [6.07, 6.45) is 1.34. The van der Waals surface area contributed by atoms with E-state index in [9.17, 15) is 20.2 Å². The molecular weight excluding hydrogens is 308 g/mol. The molecular formula is C18H14N2O4. The third-order valence-electron chi connectivity index (χ3n) is 3.44. The second-order valence-electron chi connectivity index (χ2n) is 5.03. The van der Waals surface area contributed by atoms with Crippen molar-refractivity contribution in [1.82, 2.24) is 0 Å². The number of aryl methyl sites for hydroxylation is 1. The Balaban J connectivity index is 2.42. The Kier molecular flexibility index (Phi) is 5.07. The Morgan fingerprint density at radius 2 is 2.04 bits per heavy atom. The van der Waals surface area contributed by atoms with E-state index < -0.39 is 10.7 Å². The van der Waals surface area contributed by atoms with E-state index in [-0.39, 0.29) is 11.3 Å². The zero-order chi connectivity index (χ0) is 17.7. The maximum Gasteiger partial charge on any atom is 0.272 e. The summed E-state index contributed by atoms with van der Waals surface area (Å²) in [5, 5.41) is 20.3. The predicted molar refractivity (Wildman–Crippen MR) is 88.7 cm³/mol. The molecule has 24 heavy (non-hydrogen) atoms. The summed E-state index contributed by atoms with van der Waals surface area (Å²) in [5.41, 5.74) is 1.06. The summed E-state index contributed by atoms with van der Waals surface area (Å²) < 4.78 is 5.06. The van der Waals surface area contributed by atoms with Gasteiger partial charge in [-0.25, -0.2) is 0 Å². The van der Waals surface area contributed by atoms with Gasteiger partial charge in [-0.2, -0.15) is 5.26 Å². The Morgan fingerprint density at radius 3 is 2.67 bits per heavy atom. The smallest absolute Gasteiger partial charge is 0.272 e. The second-order valence-corrected chi connectivity index (χ2v) is 5.03. The fraction of sp³-hybridized carbons (Fsp3) is 0.111. The number of nitro benzene ring substituents is 1. The molecule has 0 heterocycles. The molecule has 0 aliphatic rings. The van der Waals surface area contributed by atoms with Gasteiger partial charge in [0.1, 0.15) is 17.4 Å². The number of ketones is 1. The highest BCUT2D eigenvalue weighted by molar-refractivity contribution is 6.14. The molecule has 0 N–H and O–H groups in total. The Labute approximate surface area is 138 Å². The van der Waals surface area contributed by atoms with E-state index in [0.717, 1.165) is 0 Å². The van der Waals surface area contributed by atoms with E-state index in [2.05, 4.69) is 0 Å². The van der Waals surface area contributed by atoms with Crippen LogP contribution in [-0.4, -0.2) is 17.8 Å². The van der Waals surface area contributed by atoms with Crippen LogP contribution in [0.3, 0.4) is 0 Å². The van der Waals surface area contributed by atoms with Crippen molar-refractivity contribution in [2.24, 2.45) is 0 Å². The first kappa shape index (κ1) is 16.9. The number of ether oxygens (including phenoxy) is 1. The van der Waals surface area contributed by atoms with Crippen molar-refractivity contribution in [3.05, 3.63) is 74.8 Å². The number of nitriles is 1. The Hall–Kier alpha value is -3.46. The lowest BCUT2D eigenvalue weighted by atomic mass is 10.0. The molecule has 0 spiro atoms. The minimum absolute atomic E-state index is 0.0603. The lowest BCUT2D eigenvalue weighted by Crippen LogP contribution is -2.02. The summed E-state index contributed by atoms with van der Waals surface area (Å²) >= 11 is 0. The van der Waals surface area contributed by atoms with Gasteiger partial charge in [-0.05, 0) is 30.7 Å². The highest BCUT2D eigenvalue weighted by atomic mass is 16.6. The molecule has 0 fully saturated rings. The first-order valence-corrected chi connectivity index (χ1v) is 7.02. The number of rotatable bonds is 5. The van der Waals surface area contributed by atoms with E-state index in [4.69, 9.17) is 4.74 Å². The van der Waals surface area contributed by atoms with Crippen molar-refractivity contribution in [1.29, 1.82) is 5.26 Å². The number of methoxy groups -OCH3 is 1. The number of hydrogen-bond donors (Lipinski definition) is 0. The molecule has 2 rings (SSSR count). The summed E-state index contributed by atoms with van der Waals surface area (Å²) in [6.45, 7) is 1.62. The van der Waals surface area contributed by atoms with Crippen LogP contribution in [0.1, 0.15) is 21.5 Å². The number of hydrogen-bond acceptors (Lipinski definition) is 5. The van der Waals surface area contributed by atoms with Crippen LogP contribution in [0.5, 0.6) is 5.75 Å². The van der Waals surface area contributed by atoms with E-state index in [1.165, 1.54) is 25.3 Å². The van der Waals surface area contributed by atoms with Gasteiger partial charge in [-0.3, -0.25) is 14.9 Å². The minimum atomic E-state index is -0.497. The van der Waals surface area contributed by atoms with E-state index >= 15 is 0 Å². The molecule has 6 nitrogen and oxygen atoms in total. The topological polar surface area (TPSA) is 93.2 Å². The first-order valence-electron chi connectivity index (χ1n) is 7.02. The van der Waals surface area contributed by atoms with Crippen molar-refractivity contribution in [3.63, 3.8) is 0 Å². The number of allylic oxidation sites excluding steroid dienone is 1. The molecule has 0 saturated heterocycles. The van der Waals surface area contributed by atoms with Crippen LogP contribution >= 0.6 is 0 Å². The van der Waals surface area contributed by atoms with E-state index in [0.29, 0.717) is 22.4 Å². The average molecular weight is 322 g/mol. The van der Waals surface area contributed by atoms with Crippen LogP contribution in [0.4, 0.5) is 5.69 Å². The molecule has 6 heteroatoms. The van der Waals surface area contributed by atoms with Crippen LogP contribution in [0.25, 0.3) is 6.08 Å². The van der Waals surface area contributed by atoms with Crippen LogP contribution in [0, 0.1) is 28.4 Å². The lowest BCUT2D eigenvalue weighted by molar-refractivity contribution is -0.385. The molecule has 0 unspecified atom stereocenters. The molecule has 0 aliphatic heterocycles. The summed E-state index contributed by atoms with van der Waals surface area (Å²) in [7, 11) is 1.48. The number of carbonyl (C=O) groups is 1. The SMILES string of the molecule is COc1cccc(C(=O)/C(C#N)=C/c2ccc(C)c([N+](=O)[O-])c2)c1. The number of nitrogens with zero attached hydrogens (tertiary/aromatic N) is 2. The third-order valence-corrected chi connectivity index (χ3v) is 3.44. The second kappa shape index (κ2) is 7.20. The van der Waals surface area contributed by atoms with Crippen LogP contribution in [-0.2, 0) is 0 Å². The Morgan fingerprint density at radius 1 is 1.29 bits per heavy atom. The van der Waals surface area contributed by atoms with Gasteiger partial charge >= 0.3 is 0 Å². The molecule has 0 saturated carbocycles. The standard InChI is InChI=1S/C18H14N2O4/c1-12-6-7-13(9-17(12)20(22)23)8-15(11-19)18(21)14-4-3-5-16(10-14)24-2/h3-10H,1-2H3/b15-8+. The van der Waals surface area contributed by atoms with Gasteiger partial charge in [-0.15, -0.1) is 0 Å². The highest BCUT2D eigenvalue weighted by Gasteiger charge is 2.15. The van der Waals surface area contributed by atoms with Crippen molar-refractivity contribution >= 4 is 17.5 Å². The molecule has 120 valence electrons. The largest absolute Gasteiger partial charge is 0.497 e. The van der Waals surface area contributed by atoms with Crippen molar-refractivity contribution in [2.45, 2.75) is 6.92 Å². The van der Waals surface area contributed by atoms with Crippen molar-refractivity contribution in [2.75, 3.05) is 7.11 Å². The number of nitro groups is 1. The zero-order valence-corrected chi connectivity index (χ0v) is 13.1. The minimum Gasteiger partial charge on any atom is -0.497 e. The quantitative estimate of drug-likeness (QED) is 0.275. The average Bonchev–Trinajstić information content (AvgIpc) is 2.60. The van der Waals surface area contributed by atoms with E-state index in [1.807, 2.05) is 6.07 Å². The van der Waals surface area contributed by atoms with Gasteiger partial charge < -0.3 is 4.74 Å². The molecule has 2 aromatic carbocycles. The fourth-order valence-corrected chi connectivity index (χ4v) is 2.15. The summed E-state index contributed by atoms with van der Waals surface area (Å²) in [5.74, 6) is 0.0312. The van der Waals surface area contributed by atoms with Crippen molar-refractivity contribution in [3.8, 4) is 11.8 Å². The van der Waals surface area contributed by atoms with Gasteiger partial charge in [0.05, 0.1) is 12.0 Å². The molecule has 0 aliphatic carbocycles. The number of Topliss-reactive ketones (excluding diaryl/α,β-unsaturated/α-hetero) is 1. The molecule has 0 radical (unpaired) electrons. The third kappa shape index (κ3) is 3.65. The zero-order valence-electron chi connectivity index (χ0n) is 13.1. The summed E-state index contributed by atoms with van der Waals surface area (Å²) in [6, 6.07) is 12.8. The number of benzene rings is 2. The highest BCUT2D eigenvalue weighted by Crippen LogP contribution is 2.22. The van der Waals surface area contributed by atoms with Gasteiger partial charge in [0.2, 0.25) is 5.78 Å². The monoisotopic (exact) mass is 322 g/mol. The molecule has 0 atom stereocenters. The van der Waals surface area contributed by atoms with Crippen molar-refractivity contribution < 1.29 is 14.5 Å². The molecule has 0 aromatic heterocycles. The van der Waals surface area contributed by atoms with Gasteiger partial charge in [0.15, 0.2) is 0 Å². The predicted octanol–water partition coefficient (Wildman–Crippen LogP) is 3.70. The van der Waals surface area contributed by atoms with Crippen LogP contribution in [0.2, 0.25) is 0 Å². The normalized spacial score (nSPS) is 10.8. The number of carbonyl (C=O) groups excluding carboxylic acids is 1. The fourth-order valence-electron chi connectivity index (χ4n) is 2.15. The maximum absolute atomic E-state index is 12.5. The van der Waals surface area contributed by atoms with E-state index in [1.54, 1.807) is 37.3 Å². The Bertz CT molecular complexity index is 879. The van der Waals surface area contributed by atoms with Crippen LogP contribution < -0.4 is 4.74 Å². The summed E-state index contributed by atoms with van der Waals surface area (Å²) in [4.78, 5) is 23.0. The maximum atomic E-state index is 12.5. The molecule has 0 bridgehead atoms. The molecule has 0 amide bonds. The van der Waals surface area contributed by atoms with Gasteiger partial charge in [0, 0.05) is 17.2 Å². The first-order chi connectivity index (χ1) is 11.5. The van der Waals surface area contributed by atoms with Crippen LogP contribution in [0.15, 0.2) is 48.0 Å².